The molecule has 1 N–H and O–H groups in total. The number of carbonyl (C=O) groups excluding carboxylic acids is 1. The number of aryl methyl sites for hydroxylation is 1. The van der Waals surface area contributed by atoms with E-state index < -0.39 is 0 Å². The van der Waals surface area contributed by atoms with Gasteiger partial charge in [0.25, 0.3) is 11.5 Å². The molecule has 124 valence electrons. The van der Waals surface area contributed by atoms with Gasteiger partial charge in [-0.1, -0.05) is 12.1 Å². The molecule has 1 amide bonds. The van der Waals surface area contributed by atoms with Gasteiger partial charge >= 0.3 is 0 Å². The van der Waals surface area contributed by atoms with Gasteiger partial charge in [-0.15, -0.1) is 0 Å². The first-order valence-corrected chi connectivity index (χ1v) is 7.94. The van der Waals surface area contributed by atoms with Crippen LogP contribution in [-0.2, 0) is 6.54 Å². The van der Waals surface area contributed by atoms with Crippen molar-refractivity contribution in [3.05, 3.63) is 88.2 Å². The molecule has 25 heavy (non-hydrogen) atoms. The molecule has 4 rings (SSSR count). The van der Waals surface area contributed by atoms with Crippen LogP contribution < -0.4 is 10.9 Å². The molecule has 0 radical (unpaired) electrons. The summed E-state index contributed by atoms with van der Waals surface area (Å²) in [5.74, 6) is -0.295. The van der Waals surface area contributed by atoms with Crippen LogP contribution in [0.2, 0.25) is 0 Å². The van der Waals surface area contributed by atoms with Crippen LogP contribution in [0.25, 0.3) is 11.2 Å². The molecule has 0 unspecified atom stereocenters. The molecule has 0 fully saturated rings. The number of carbonyl (C=O) groups is 1. The Morgan fingerprint density at radius 3 is 2.92 bits per heavy atom. The Kier molecular flexibility index (Phi) is 3.57. The lowest BCUT2D eigenvalue weighted by Crippen LogP contribution is -2.25. The van der Waals surface area contributed by atoms with Gasteiger partial charge in [0.1, 0.15) is 5.65 Å². The molecule has 4 heterocycles. The fraction of sp³-hybridized carbons (Fsp3) is 0.105. The molecule has 4 aromatic heterocycles. The average Bonchev–Trinajstić information content (AvgIpc) is 3.01. The second-order valence-corrected chi connectivity index (χ2v) is 5.96. The highest BCUT2D eigenvalue weighted by Gasteiger charge is 2.10. The predicted molar refractivity (Wildman–Crippen MR) is 94.8 cm³/mol. The monoisotopic (exact) mass is 332 g/mol. The highest BCUT2D eigenvalue weighted by Crippen LogP contribution is 2.08. The number of amides is 1. The van der Waals surface area contributed by atoms with Crippen molar-refractivity contribution in [2.75, 3.05) is 0 Å². The van der Waals surface area contributed by atoms with Gasteiger partial charge in [-0.25, -0.2) is 4.98 Å². The number of aromatic nitrogens is 3. The average molecular weight is 332 g/mol. The van der Waals surface area contributed by atoms with E-state index in [9.17, 15) is 9.59 Å². The molecule has 0 aliphatic rings. The lowest BCUT2D eigenvalue weighted by molar-refractivity contribution is 0.0950. The van der Waals surface area contributed by atoms with E-state index in [0.29, 0.717) is 17.6 Å². The number of rotatable bonds is 3. The summed E-state index contributed by atoms with van der Waals surface area (Å²) in [6, 6.07) is 12.4. The van der Waals surface area contributed by atoms with Crippen LogP contribution in [0, 0.1) is 6.92 Å². The fourth-order valence-corrected chi connectivity index (χ4v) is 2.82. The molecule has 4 aromatic rings. The molecular weight excluding hydrogens is 316 g/mol. The normalized spacial score (nSPS) is 11.1. The number of nitrogens with one attached hydrogen (secondary N) is 1. The maximum absolute atomic E-state index is 12.4. The molecule has 0 bridgehead atoms. The lowest BCUT2D eigenvalue weighted by atomic mass is 10.2. The van der Waals surface area contributed by atoms with Gasteiger partial charge in [-0.2, -0.15) is 0 Å². The molecule has 0 saturated carbocycles. The van der Waals surface area contributed by atoms with Crippen LogP contribution in [-0.4, -0.2) is 19.7 Å². The first-order chi connectivity index (χ1) is 12.1. The molecule has 0 atom stereocenters. The Morgan fingerprint density at radius 1 is 1.16 bits per heavy atom. The van der Waals surface area contributed by atoms with Gasteiger partial charge in [0.15, 0.2) is 0 Å². The van der Waals surface area contributed by atoms with Gasteiger partial charge in [0, 0.05) is 35.7 Å². The van der Waals surface area contributed by atoms with Crippen LogP contribution in [0.4, 0.5) is 0 Å². The summed E-state index contributed by atoms with van der Waals surface area (Å²) in [4.78, 5) is 29.0. The molecule has 0 saturated heterocycles. The van der Waals surface area contributed by atoms with Gasteiger partial charge in [0.05, 0.1) is 12.2 Å². The van der Waals surface area contributed by atoms with E-state index in [2.05, 4.69) is 10.3 Å². The van der Waals surface area contributed by atoms with E-state index in [1.807, 2.05) is 41.9 Å². The van der Waals surface area contributed by atoms with Crippen molar-refractivity contribution in [3.63, 3.8) is 0 Å². The third-order valence-corrected chi connectivity index (χ3v) is 4.05. The highest BCUT2D eigenvalue weighted by molar-refractivity contribution is 5.95. The quantitative estimate of drug-likeness (QED) is 0.625. The SMILES string of the molecule is Cc1ccc2nc(CNC(=O)c3cc(=O)n4ccccc4c3)cn2c1. The summed E-state index contributed by atoms with van der Waals surface area (Å²) in [6.07, 6.45) is 5.55. The van der Waals surface area contributed by atoms with Gasteiger partial charge in [-0.3, -0.25) is 14.0 Å². The van der Waals surface area contributed by atoms with Crippen molar-refractivity contribution in [1.29, 1.82) is 0 Å². The second kappa shape index (κ2) is 5.90. The third kappa shape index (κ3) is 2.89. The van der Waals surface area contributed by atoms with Crippen LogP contribution in [0.5, 0.6) is 0 Å². The van der Waals surface area contributed by atoms with Crippen molar-refractivity contribution < 1.29 is 4.79 Å². The Hall–Kier alpha value is -3.41. The van der Waals surface area contributed by atoms with E-state index in [1.54, 1.807) is 24.4 Å². The zero-order chi connectivity index (χ0) is 17.4. The van der Waals surface area contributed by atoms with Crippen molar-refractivity contribution in [2.45, 2.75) is 13.5 Å². The Morgan fingerprint density at radius 2 is 2.04 bits per heavy atom. The largest absolute Gasteiger partial charge is 0.346 e. The summed E-state index contributed by atoms with van der Waals surface area (Å²) >= 11 is 0. The molecule has 0 aliphatic carbocycles. The third-order valence-electron chi connectivity index (χ3n) is 4.05. The number of imidazole rings is 1. The number of nitrogens with zero attached hydrogens (tertiary/aromatic N) is 3. The standard InChI is InChI=1S/C19H16N4O2/c1-13-5-6-17-21-15(12-22(17)11-13)10-20-19(25)14-8-16-4-2-3-7-23(16)18(24)9-14/h2-9,11-12H,10H2,1H3,(H,20,25). The van der Waals surface area contributed by atoms with Gasteiger partial charge < -0.3 is 9.72 Å². The summed E-state index contributed by atoms with van der Waals surface area (Å²) in [5, 5.41) is 2.82. The first kappa shape index (κ1) is 15.1. The Balaban J connectivity index is 1.56. The molecular formula is C19H16N4O2. The number of fused-ring (bicyclic) bond motifs is 2. The fourth-order valence-electron chi connectivity index (χ4n) is 2.82. The lowest BCUT2D eigenvalue weighted by Gasteiger charge is -2.05. The van der Waals surface area contributed by atoms with Crippen molar-refractivity contribution in [3.8, 4) is 0 Å². The van der Waals surface area contributed by atoms with E-state index in [4.69, 9.17) is 0 Å². The van der Waals surface area contributed by atoms with E-state index in [-0.39, 0.29) is 11.5 Å². The van der Waals surface area contributed by atoms with Crippen LogP contribution >= 0.6 is 0 Å². The molecule has 0 aliphatic heterocycles. The van der Waals surface area contributed by atoms with Crippen molar-refractivity contribution in [2.24, 2.45) is 0 Å². The number of hydrogen-bond acceptors (Lipinski definition) is 3. The van der Waals surface area contributed by atoms with Crippen molar-refractivity contribution in [1.82, 2.24) is 19.1 Å². The molecule has 6 nitrogen and oxygen atoms in total. The number of hydrogen-bond donors (Lipinski definition) is 1. The smallest absolute Gasteiger partial charge is 0.255 e. The van der Waals surface area contributed by atoms with E-state index in [1.165, 1.54) is 10.5 Å². The number of pyridine rings is 3. The minimum absolute atomic E-state index is 0.230. The van der Waals surface area contributed by atoms with Crippen LogP contribution in [0.3, 0.4) is 0 Å². The van der Waals surface area contributed by atoms with Crippen LogP contribution in [0.1, 0.15) is 21.6 Å². The predicted octanol–water partition coefficient (Wildman–Crippen LogP) is 2.19. The van der Waals surface area contributed by atoms with Crippen molar-refractivity contribution >= 4 is 17.1 Å². The van der Waals surface area contributed by atoms with Gasteiger partial charge in [0.2, 0.25) is 0 Å². The Bertz CT molecular complexity index is 1160. The molecule has 6 heteroatoms. The van der Waals surface area contributed by atoms with E-state index in [0.717, 1.165) is 16.9 Å². The zero-order valence-corrected chi connectivity index (χ0v) is 13.6. The minimum atomic E-state index is -0.295. The summed E-state index contributed by atoms with van der Waals surface area (Å²) < 4.78 is 3.43. The summed E-state index contributed by atoms with van der Waals surface area (Å²) in [5.41, 5.74) is 3.53. The topological polar surface area (TPSA) is 67.9 Å². The zero-order valence-electron chi connectivity index (χ0n) is 13.6. The summed E-state index contributed by atoms with van der Waals surface area (Å²) in [6.45, 7) is 2.31. The molecule has 0 aromatic carbocycles. The Labute approximate surface area is 143 Å². The van der Waals surface area contributed by atoms with Gasteiger partial charge in [-0.05, 0) is 36.8 Å². The minimum Gasteiger partial charge on any atom is -0.346 e. The maximum atomic E-state index is 12.4. The highest BCUT2D eigenvalue weighted by atomic mass is 16.2. The summed E-state index contributed by atoms with van der Waals surface area (Å²) in [7, 11) is 0. The maximum Gasteiger partial charge on any atom is 0.255 e. The molecule has 0 spiro atoms. The van der Waals surface area contributed by atoms with Crippen LogP contribution in [0.15, 0.2) is 65.8 Å². The van der Waals surface area contributed by atoms with E-state index >= 15 is 0 Å². The second-order valence-electron chi connectivity index (χ2n) is 5.96. The first-order valence-electron chi connectivity index (χ1n) is 7.94.